The van der Waals surface area contributed by atoms with E-state index in [0.29, 0.717) is 24.2 Å². The number of fused-ring (bicyclic) bond motifs is 1. The number of carbonyl (C=O) groups excluding carboxylic acids is 5. The number of aliphatic hydroxyl groups excluding tert-OH is 1. The van der Waals surface area contributed by atoms with E-state index in [9.17, 15) is 29.1 Å². The number of carbonyl (C=O) groups is 5. The molecule has 53 heavy (non-hydrogen) atoms. The monoisotopic (exact) mass is 744 g/mol. The molecule has 4 atom stereocenters. The van der Waals surface area contributed by atoms with Crippen molar-refractivity contribution in [3.8, 4) is 10.4 Å². The number of rotatable bonds is 7. The fourth-order valence-corrected chi connectivity index (χ4v) is 7.43. The molecule has 0 spiro atoms. The molecule has 0 radical (unpaired) electrons. The number of thiazole rings is 1. The van der Waals surface area contributed by atoms with Crippen molar-refractivity contribution in [1.82, 2.24) is 30.7 Å². The van der Waals surface area contributed by atoms with Gasteiger partial charge in [-0.3, -0.25) is 34.2 Å². The van der Waals surface area contributed by atoms with Crippen molar-refractivity contribution in [2.75, 3.05) is 13.6 Å². The quantitative estimate of drug-likeness (QED) is 0.254. The average Bonchev–Trinajstić information content (AvgIpc) is 3.80. The maximum absolute atomic E-state index is 13.1. The second-order valence-corrected chi connectivity index (χ2v) is 15.4. The number of imide groups is 1. The summed E-state index contributed by atoms with van der Waals surface area (Å²) in [7, 11) is 1.74. The van der Waals surface area contributed by atoms with Crippen LogP contribution in [0.4, 0.5) is 0 Å². The van der Waals surface area contributed by atoms with Crippen LogP contribution in [0.5, 0.6) is 0 Å². The van der Waals surface area contributed by atoms with E-state index in [1.54, 1.807) is 36.6 Å². The van der Waals surface area contributed by atoms with Crippen LogP contribution in [0.3, 0.4) is 0 Å². The van der Waals surface area contributed by atoms with Gasteiger partial charge in [0.25, 0.3) is 5.91 Å². The molecule has 0 bridgehead atoms. The summed E-state index contributed by atoms with van der Waals surface area (Å²) >= 11 is 1.61. The van der Waals surface area contributed by atoms with Crippen LogP contribution in [0.1, 0.15) is 87.5 Å². The van der Waals surface area contributed by atoms with Crippen LogP contribution in [0.25, 0.3) is 16.1 Å². The van der Waals surface area contributed by atoms with E-state index in [2.05, 4.69) is 41.4 Å². The molecule has 284 valence electrons. The van der Waals surface area contributed by atoms with Crippen molar-refractivity contribution >= 4 is 46.6 Å². The van der Waals surface area contributed by atoms with E-state index in [1.165, 1.54) is 16.2 Å². The highest BCUT2D eigenvalue weighted by atomic mass is 32.1. The zero-order valence-corrected chi connectivity index (χ0v) is 32.5. The molecule has 5 amide bonds. The predicted octanol–water partition coefficient (Wildman–Crippen LogP) is 4.67. The van der Waals surface area contributed by atoms with Gasteiger partial charge in [0, 0.05) is 42.8 Å². The van der Waals surface area contributed by atoms with E-state index in [0.717, 1.165) is 27.3 Å². The molecule has 6 rings (SSSR count). The first-order chi connectivity index (χ1) is 25.1. The number of likely N-dealkylation sites (N-methyl/N-ethyl adjacent to an activating group) is 1. The summed E-state index contributed by atoms with van der Waals surface area (Å²) in [6.45, 7) is 16.6. The predicted molar refractivity (Wildman–Crippen MR) is 206 cm³/mol. The van der Waals surface area contributed by atoms with Gasteiger partial charge >= 0.3 is 0 Å². The number of aromatic nitrogens is 1. The van der Waals surface area contributed by atoms with E-state index in [4.69, 9.17) is 0 Å². The molecule has 4 heterocycles. The van der Waals surface area contributed by atoms with Gasteiger partial charge in [0.05, 0.1) is 28.2 Å². The second kappa shape index (κ2) is 17.9. The number of nitrogens with zero attached hydrogens (tertiary/aromatic N) is 3. The number of aliphatic hydroxyl groups is 1. The molecule has 0 aliphatic carbocycles. The number of hydrogen-bond donors (Lipinski definition) is 4. The lowest BCUT2D eigenvalue weighted by atomic mass is 9.86. The first kappa shape index (κ1) is 41.0. The van der Waals surface area contributed by atoms with Crippen LogP contribution in [-0.4, -0.2) is 87.2 Å². The van der Waals surface area contributed by atoms with E-state index in [-0.39, 0.29) is 48.4 Å². The Morgan fingerprint density at radius 2 is 1.72 bits per heavy atom. The molecule has 4 N–H and O–H groups in total. The van der Waals surface area contributed by atoms with Crippen LogP contribution in [0.2, 0.25) is 0 Å². The van der Waals surface area contributed by atoms with Gasteiger partial charge in [0.15, 0.2) is 0 Å². The average molecular weight is 745 g/mol. The third kappa shape index (κ3) is 9.64. The largest absolute Gasteiger partial charge is 0.391 e. The minimum absolute atomic E-state index is 0.156. The number of amides is 5. The van der Waals surface area contributed by atoms with Crippen molar-refractivity contribution in [3.05, 3.63) is 83.0 Å². The Morgan fingerprint density at radius 1 is 1.08 bits per heavy atom. The van der Waals surface area contributed by atoms with Crippen molar-refractivity contribution in [2.45, 2.75) is 98.0 Å². The van der Waals surface area contributed by atoms with Gasteiger partial charge in [-0.05, 0) is 43.0 Å². The number of piperidine rings is 1. The molecule has 3 aliphatic rings. The first-order valence-corrected chi connectivity index (χ1v) is 18.9. The molecular weight excluding hydrogens is 693 g/mol. The minimum atomic E-state index is -0.695. The highest BCUT2D eigenvalue weighted by molar-refractivity contribution is 7.13. The van der Waals surface area contributed by atoms with Gasteiger partial charge in [-0.15, -0.1) is 11.3 Å². The summed E-state index contributed by atoms with van der Waals surface area (Å²) < 4.78 is 0. The maximum Gasteiger partial charge on any atom is 0.259 e. The number of benzene rings is 2. The van der Waals surface area contributed by atoms with Gasteiger partial charge in [-0.2, -0.15) is 0 Å². The zero-order chi connectivity index (χ0) is 39.0. The van der Waals surface area contributed by atoms with Crippen molar-refractivity contribution in [3.63, 3.8) is 0 Å². The topological polar surface area (TPSA) is 161 Å². The Kier molecular flexibility index (Phi) is 13.8. The molecular formula is C40H52N6O6S. The van der Waals surface area contributed by atoms with E-state index in [1.807, 2.05) is 63.5 Å². The summed E-state index contributed by atoms with van der Waals surface area (Å²) in [6, 6.07) is 13.4. The number of β-amino-alcohol motifs (C(OH)–C–C–N with tert-alkyl or cyclic N) is 1. The van der Waals surface area contributed by atoms with Crippen molar-refractivity contribution in [2.24, 2.45) is 5.41 Å². The minimum Gasteiger partial charge on any atom is -0.391 e. The van der Waals surface area contributed by atoms with E-state index < -0.39 is 30.1 Å². The molecule has 2 saturated heterocycles. The highest BCUT2D eigenvalue weighted by Crippen LogP contribution is 2.35. The Labute approximate surface area is 316 Å². The molecule has 3 aliphatic heterocycles. The lowest BCUT2D eigenvalue weighted by Crippen LogP contribution is -2.55. The third-order valence-corrected chi connectivity index (χ3v) is 10.2. The molecule has 2 aromatic carbocycles. The summed E-state index contributed by atoms with van der Waals surface area (Å²) in [5.74, 6) is -1.35. The van der Waals surface area contributed by atoms with E-state index >= 15 is 0 Å². The third-order valence-electron chi connectivity index (χ3n) is 9.19. The number of aryl methyl sites for hydroxylation is 1. The van der Waals surface area contributed by atoms with Crippen LogP contribution < -0.4 is 16.0 Å². The Hall–Kier alpha value is -4.72. The molecule has 12 nitrogen and oxygen atoms in total. The normalized spacial score (nSPS) is 20.1. The Bertz CT molecular complexity index is 1780. The van der Waals surface area contributed by atoms with Gasteiger partial charge in [-0.25, -0.2) is 4.98 Å². The molecule has 13 heteroatoms. The van der Waals surface area contributed by atoms with Crippen LogP contribution >= 0.6 is 11.3 Å². The number of nitrogens with one attached hydrogen (secondary N) is 3. The smallest absolute Gasteiger partial charge is 0.259 e. The maximum atomic E-state index is 13.1. The summed E-state index contributed by atoms with van der Waals surface area (Å²) in [5.41, 5.74) is 6.43. The summed E-state index contributed by atoms with van der Waals surface area (Å²) in [5, 5.41) is 18.4. The van der Waals surface area contributed by atoms with Gasteiger partial charge < -0.3 is 20.6 Å². The standard InChI is InChI=1S/C23H32N4O3S.C14H12N2O3.C3H8/c1-14-19(31-13-26-14)16-8-6-15(7-9-16)11-25-21(29)18-10-17(28)12-27(18)22(30)20(24-5)23(2,3)4;1-8-9-4-2-3-5-10(9)14(19)16(8)11-6-7-12(17)15-13(11)18;1-3-2/h6-9,13,17-18,20,24,28H,10-12H2,1-5H3,(H,25,29);2-5,11H,1,6-7H2,(H,15,17,18);3H2,1-2H3/t17-,18+,20-;;/m1../s1. The van der Waals surface area contributed by atoms with Crippen LogP contribution in [-0.2, 0) is 25.7 Å². The molecule has 1 aromatic heterocycles. The van der Waals surface area contributed by atoms with Gasteiger partial charge in [-0.1, -0.05) is 90.1 Å². The van der Waals surface area contributed by atoms with Gasteiger partial charge in [0.2, 0.25) is 23.6 Å². The van der Waals surface area contributed by atoms with Gasteiger partial charge in [0.1, 0.15) is 12.1 Å². The highest BCUT2D eigenvalue weighted by Gasteiger charge is 2.44. The lowest BCUT2D eigenvalue weighted by molar-refractivity contribution is -0.142. The molecule has 3 aromatic rings. The fraction of sp³-hybridized carbons (Fsp3) is 0.450. The molecule has 0 saturated carbocycles. The summed E-state index contributed by atoms with van der Waals surface area (Å²) in [4.78, 5) is 69.7. The fourth-order valence-electron chi connectivity index (χ4n) is 6.62. The first-order valence-electron chi connectivity index (χ1n) is 18.0. The van der Waals surface area contributed by atoms with Crippen molar-refractivity contribution < 1.29 is 29.1 Å². The Balaban J connectivity index is 0.000000242. The molecule has 1 unspecified atom stereocenters. The zero-order valence-electron chi connectivity index (χ0n) is 31.7. The van der Waals surface area contributed by atoms with Crippen molar-refractivity contribution in [1.29, 1.82) is 0 Å². The summed E-state index contributed by atoms with van der Waals surface area (Å²) in [6.07, 6.45) is 1.38. The Morgan fingerprint density at radius 3 is 2.26 bits per heavy atom. The van der Waals surface area contributed by atoms with Crippen LogP contribution in [0.15, 0.2) is 60.6 Å². The lowest BCUT2D eigenvalue weighted by Gasteiger charge is -2.34. The SMILES string of the molecule is C=C1c2ccccc2C(=O)N1C1CCC(=O)NC1=O.CCC.CN[C@H](C(=O)N1C[C@H](O)C[C@H]1C(=O)NCc1ccc(-c2scnc2C)cc1)C(C)(C)C. The van der Waals surface area contributed by atoms with Crippen LogP contribution in [0, 0.1) is 12.3 Å². The number of likely N-dealkylation sites (tertiary alicyclic amines) is 1. The number of hydrogen-bond acceptors (Lipinski definition) is 9. The molecule has 2 fully saturated rings. The second-order valence-electron chi connectivity index (χ2n) is 14.5.